The molecular formula is C29H40ClNO3. The lowest BCUT2D eigenvalue weighted by molar-refractivity contribution is -0.115. The van der Waals surface area contributed by atoms with Crippen LogP contribution < -0.4 is 10.1 Å². The first-order valence-electron chi connectivity index (χ1n) is 12.9. The molecule has 0 atom stereocenters. The molecule has 0 aromatic heterocycles. The van der Waals surface area contributed by atoms with E-state index >= 15 is 0 Å². The molecule has 0 heterocycles. The first-order valence-corrected chi connectivity index (χ1v) is 13.3. The van der Waals surface area contributed by atoms with Crippen LogP contribution in [0.5, 0.6) is 5.75 Å². The first kappa shape index (κ1) is 27.9. The van der Waals surface area contributed by atoms with Crippen molar-refractivity contribution in [2.75, 3.05) is 11.9 Å². The Bertz CT molecular complexity index is 854. The Hall–Kier alpha value is -2.33. The van der Waals surface area contributed by atoms with Crippen LogP contribution in [0.3, 0.4) is 0 Å². The third-order valence-corrected chi connectivity index (χ3v) is 6.12. The van der Waals surface area contributed by atoms with E-state index in [-0.39, 0.29) is 18.1 Å². The summed E-state index contributed by atoms with van der Waals surface area (Å²) in [6, 6.07) is 14.0. The third-order valence-electron chi connectivity index (χ3n) is 5.89. The summed E-state index contributed by atoms with van der Waals surface area (Å²) < 4.78 is 5.92. The van der Waals surface area contributed by atoms with Crippen LogP contribution in [0.25, 0.3) is 0 Å². The number of rotatable bonds is 18. The highest BCUT2D eigenvalue weighted by molar-refractivity contribution is 6.31. The minimum atomic E-state index is -0.383. The van der Waals surface area contributed by atoms with E-state index in [0.29, 0.717) is 28.6 Å². The van der Waals surface area contributed by atoms with Crippen LogP contribution in [-0.4, -0.2) is 18.3 Å². The highest BCUT2D eigenvalue weighted by Gasteiger charge is 2.14. The molecule has 1 amide bonds. The van der Waals surface area contributed by atoms with Crippen molar-refractivity contribution in [3.05, 3.63) is 59.1 Å². The lowest BCUT2D eigenvalue weighted by atomic mass is 10.1. The average molecular weight is 486 g/mol. The second kappa shape index (κ2) is 17.2. The monoisotopic (exact) mass is 485 g/mol. The number of benzene rings is 2. The van der Waals surface area contributed by atoms with Gasteiger partial charge in [0.1, 0.15) is 5.75 Å². The minimum Gasteiger partial charge on any atom is -0.491 e. The number of hydrogen-bond donors (Lipinski definition) is 1. The number of carbonyl (C=O) groups excluding carboxylic acids is 2. The number of nitrogens with one attached hydrogen (secondary N) is 1. The molecule has 0 aliphatic rings. The minimum absolute atomic E-state index is 0.223. The van der Waals surface area contributed by atoms with Gasteiger partial charge >= 0.3 is 0 Å². The van der Waals surface area contributed by atoms with Crippen LogP contribution >= 0.6 is 11.6 Å². The highest BCUT2D eigenvalue weighted by atomic mass is 35.5. The fraction of sp³-hybridized carbons (Fsp3) is 0.517. The Morgan fingerprint density at radius 1 is 0.794 bits per heavy atom. The summed E-state index contributed by atoms with van der Waals surface area (Å²) in [5.41, 5.74) is 1.02. The maximum atomic E-state index is 12.4. The van der Waals surface area contributed by atoms with E-state index in [1.54, 1.807) is 42.5 Å². The Labute approximate surface area is 210 Å². The molecule has 0 aliphatic carbocycles. The fourth-order valence-electron chi connectivity index (χ4n) is 3.92. The number of halogens is 1. The molecule has 2 aromatic carbocycles. The lowest BCUT2D eigenvalue weighted by Crippen LogP contribution is -2.17. The van der Waals surface area contributed by atoms with Crippen LogP contribution in [0, 0.1) is 0 Å². The van der Waals surface area contributed by atoms with Crippen molar-refractivity contribution in [3.63, 3.8) is 0 Å². The van der Waals surface area contributed by atoms with Crippen molar-refractivity contribution in [1.82, 2.24) is 0 Å². The van der Waals surface area contributed by atoms with Crippen molar-refractivity contribution >= 4 is 29.0 Å². The summed E-state index contributed by atoms with van der Waals surface area (Å²) in [6.45, 7) is 2.85. The number of ether oxygens (including phenoxy) is 1. The average Bonchev–Trinajstić information content (AvgIpc) is 2.83. The fourth-order valence-corrected chi connectivity index (χ4v) is 4.09. The van der Waals surface area contributed by atoms with Crippen molar-refractivity contribution < 1.29 is 14.3 Å². The molecule has 4 nitrogen and oxygen atoms in total. The van der Waals surface area contributed by atoms with E-state index in [0.717, 1.165) is 12.8 Å². The van der Waals surface area contributed by atoms with E-state index in [1.165, 1.54) is 64.2 Å². The Balaban J connectivity index is 1.64. The molecule has 2 aromatic rings. The second-order valence-electron chi connectivity index (χ2n) is 8.89. The lowest BCUT2D eigenvalue weighted by Gasteiger charge is -2.13. The standard InChI is InChI=1S/C29H40ClNO3/c1-2-3-4-5-6-7-8-9-10-11-12-16-21-34-28-20-19-25(30)22-26(28)31-29(33)23-27(32)24-17-14-13-15-18-24/h13-15,17-20,22H,2-12,16,21,23H2,1H3,(H,31,33). The molecule has 34 heavy (non-hydrogen) atoms. The molecule has 0 unspecified atom stereocenters. The Morgan fingerprint density at radius 2 is 1.38 bits per heavy atom. The van der Waals surface area contributed by atoms with Crippen molar-refractivity contribution in [1.29, 1.82) is 0 Å². The first-order chi connectivity index (χ1) is 16.6. The number of ketones is 1. The number of carbonyl (C=O) groups is 2. The molecule has 0 bridgehead atoms. The molecule has 0 saturated carbocycles. The summed E-state index contributed by atoms with van der Waals surface area (Å²) in [4.78, 5) is 24.7. The van der Waals surface area contributed by atoms with Crippen LogP contribution in [0.2, 0.25) is 5.02 Å². The zero-order valence-corrected chi connectivity index (χ0v) is 21.4. The van der Waals surface area contributed by atoms with Gasteiger partial charge in [0.25, 0.3) is 0 Å². The molecule has 0 fully saturated rings. The van der Waals surface area contributed by atoms with Crippen LogP contribution in [0.1, 0.15) is 101 Å². The van der Waals surface area contributed by atoms with E-state index in [1.807, 2.05) is 6.07 Å². The molecule has 0 saturated heterocycles. The number of unbranched alkanes of at least 4 members (excludes halogenated alkanes) is 11. The van der Waals surface area contributed by atoms with E-state index in [9.17, 15) is 9.59 Å². The Kier molecular flexibility index (Phi) is 14.1. The number of Topliss-reactive ketones (excluding diaryl/α,β-unsaturated/α-hetero) is 1. The number of amides is 1. The third kappa shape index (κ3) is 11.7. The van der Waals surface area contributed by atoms with Gasteiger partial charge in [-0.2, -0.15) is 0 Å². The predicted molar refractivity (Wildman–Crippen MR) is 142 cm³/mol. The van der Waals surface area contributed by atoms with Gasteiger partial charge in [-0.1, -0.05) is 119 Å². The molecule has 2 rings (SSSR count). The summed E-state index contributed by atoms with van der Waals surface area (Å²) in [7, 11) is 0. The molecule has 0 radical (unpaired) electrons. The highest BCUT2D eigenvalue weighted by Crippen LogP contribution is 2.28. The van der Waals surface area contributed by atoms with Gasteiger partial charge in [-0.15, -0.1) is 0 Å². The second-order valence-corrected chi connectivity index (χ2v) is 9.33. The largest absolute Gasteiger partial charge is 0.491 e. The van der Waals surface area contributed by atoms with Gasteiger partial charge < -0.3 is 10.1 Å². The predicted octanol–water partition coefficient (Wildman–Crippen LogP) is 8.63. The summed E-state index contributed by atoms with van der Waals surface area (Å²) in [6.07, 6.45) is 15.3. The Morgan fingerprint density at radius 3 is 2.00 bits per heavy atom. The van der Waals surface area contributed by atoms with Crippen LogP contribution in [0.15, 0.2) is 48.5 Å². The van der Waals surface area contributed by atoms with E-state index in [4.69, 9.17) is 16.3 Å². The van der Waals surface area contributed by atoms with Gasteiger partial charge in [0.15, 0.2) is 5.78 Å². The van der Waals surface area contributed by atoms with Crippen molar-refractivity contribution in [3.8, 4) is 5.75 Å². The SMILES string of the molecule is CCCCCCCCCCCCCCOc1ccc(Cl)cc1NC(=O)CC(=O)c1ccccc1. The maximum absolute atomic E-state index is 12.4. The van der Waals surface area contributed by atoms with Crippen LogP contribution in [-0.2, 0) is 4.79 Å². The number of anilines is 1. The molecular weight excluding hydrogens is 446 g/mol. The molecule has 1 N–H and O–H groups in total. The zero-order valence-electron chi connectivity index (χ0n) is 20.6. The summed E-state index contributed by atoms with van der Waals surface area (Å²) in [5, 5.41) is 3.28. The van der Waals surface area contributed by atoms with Gasteiger partial charge in [-0.25, -0.2) is 0 Å². The van der Waals surface area contributed by atoms with E-state index < -0.39 is 0 Å². The van der Waals surface area contributed by atoms with Crippen molar-refractivity contribution in [2.45, 2.75) is 90.4 Å². The summed E-state index contributed by atoms with van der Waals surface area (Å²) >= 11 is 6.11. The smallest absolute Gasteiger partial charge is 0.232 e. The van der Waals surface area contributed by atoms with Crippen molar-refractivity contribution in [2.24, 2.45) is 0 Å². The van der Waals surface area contributed by atoms with Gasteiger partial charge in [-0.05, 0) is 24.6 Å². The zero-order chi connectivity index (χ0) is 24.4. The van der Waals surface area contributed by atoms with Gasteiger partial charge in [0, 0.05) is 10.6 Å². The van der Waals surface area contributed by atoms with Crippen LogP contribution in [0.4, 0.5) is 5.69 Å². The normalized spacial score (nSPS) is 10.8. The quantitative estimate of drug-likeness (QED) is 0.130. The molecule has 0 spiro atoms. The topological polar surface area (TPSA) is 55.4 Å². The maximum Gasteiger partial charge on any atom is 0.232 e. The number of hydrogen-bond acceptors (Lipinski definition) is 3. The molecule has 0 aliphatic heterocycles. The van der Waals surface area contributed by atoms with Gasteiger partial charge in [0.2, 0.25) is 5.91 Å². The molecule has 5 heteroatoms. The molecule has 186 valence electrons. The van der Waals surface area contributed by atoms with Gasteiger partial charge in [0.05, 0.1) is 18.7 Å². The van der Waals surface area contributed by atoms with E-state index in [2.05, 4.69) is 12.2 Å². The van der Waals surface area contributed by atoms with Gasteiger partial charge in [-0.3, -0.25) is 9.59 Å². The summed E-state index contributed by atoms with van der Waals surface area (Å²) in [5.74, 6) is -0.0293.